The van der Waals surface area contributed by atoms with E-state index < -0.39 is 39.6 Å². The molecule has 0 unspecified atom stereocenters. The number of hydrogen-bond donors (Lipinski definition) is 1. The summed E-state index contributed by atoms with van der Waals surface area (Å²) in [5, 5.41) is 32.2. The van der Waals surface area contributed by atoms with E-state index in [1.54, 1.807) is 0 Å². The van der Waals surface area contributed by atoms with Crippen LogP contribution in [0.3, 0.4) is 0 Å². The molecule has 2 heterocycles. The number of nitrogens with zero attached hydrogens (tertiary/aromatic N) is 6. The van der Waals surface area contributed by atoms with Gasteiger partial charge in [-0.3, -0.25) is 19.6 Å². The highest BCUT2D eigenvalue weighted by Gasteiger charge is 2.35. The number of hydrogen-bond acceptors (Lipinski definition) is 7. The molecule has 162 valence electrons. The minimum absolute atomic E-state index is 0.0370. The van der Waals surface area contributed by atoms with E-state index in [9.17, 15) is 29.4 Å². The van der Waals surface area contributed by atoms with Crippen LogP contribution in [0.2, 0.25) is 10.0 Å². The number of nitro groups is 2. The molecule has 0 radical (unpaired) electrons. The van der Waals surface area contributed by atoms with Crippen LogP contribution in [0, 0.1) is 33.0 Å². The summed E-state index contributed by atoms with van der Waals surface area (Å²) in [6.45, 7) is 0.603. The van der Waals surface area contributed by atoms with Crippen molar-refractivity contribution < 1.29 is 19.0 Å². The number of nitrogens with one attached hydrogen (secondary N) is 1. The zero-order valence-electron chi connectivity index (χ0n) is 15.6. The molecule has 0 aliphatic heterocycles. The topological polar surface area (TPSA) is 151 Å². The average molecular weight is 472 g/mol. The van der Waals surface area contributed by atoms with Crippen molar-refractivity contribution in [3.63, 3.8) is 0 Å². The Bertz CT molecular complexity index is 1190. The molecular formula is C16H12Cl2FN7O5. The van der Waals surface area contributed by atoms with Crippen molar-refractivity contribution >= 4 is 46.4 Å². The normalized spacial score (nSPS) is 10.8. The second-order valence-electron chi connectivity index (χ2n) is 6.20. The molecule has 0 aliphatic rings. The summed E-state index contributed by atoms with van der Waals surface area (Å²) in [4.78, 5) is 32.4. The number of rotatable bonds is 7. The first-order chi connectivity index (χ1) is 14.6. The first kappa shape index (κ1) is 22.1. The maximum absolute atomic E-state index is 13.9. The molecule has 0 saturated heterocycles. The summed E-state index contributed by atoms with van der Waals surface area (Å²) in [6.07, 6.45) is 1.34. The van der Waals surface area contributed by atoms with Gasteiger partial charge < -0.3 is 15.4 Å². The predicted molar refractivity (Wildman–Crippen MR) is 107 cm³/mol. The standard InChI is InChI=1S/C16H12Cl2FN7O5/c1-8-14(25(28)29)16(26(30)31)22-24(8)7-13(27)20-15-11(18)6-23(21-15)5-9-10(17)3-2-4-12(9)19/h2-4,6H,5,7H2,1H3,(H,20,21,27). The first-order valence-electron chi connectivity index (χ1n) is 8.40. The molecule has 3 rings (SSSR count). The number of anilines is 1. The quantitative estimate of drug-likeness (QED) is 0.409. The fourth-order valence-electron chi connectivity index (χ4n) is 2.73. The number of carbonyl (C=O) groups excluding carboxylic acids is 1. The molecular weight excluding hydrogens is 460 g/mol. The summed E-state index contributed by atoms with van der Waals surface area (Å²) in [5.41, 5.74) is -0.799. The summed E-state index contributed by atoms with van der Waals surface area (Å²) >= 11 is 12.0. The molecule has 31 heavy (non-hydrogen) atoms. The zero-order chi connectivity index (χ0) is 22.9. The van der Waals surface area contributed by atoms with Crippen LogP contribution in [0.15, 0.2) is 24.4 Å². The van der Waals surface area contributed by atoms with Crippen LogP contribution >= 0.6 is 23.2 Å². The average Bonchev–Trinajstić information content (AvgIpc) is 3.18. The molecule has 1 N–H and O–H groups in total. The van der Waals surface area contributed by atoms with Crippen molar-refractivity contribution in [2.45, 2.75) is 20.0 Å². The lowest BCUT2D eigenvalue weighted by molar-refractivity contribution is -0.424. The predicted octanol–water partition coefficient (Wildman–Crippen LogP) is 3.34. The number of carbonyl (C=O) groups is 1. The Morgan fingerprint density at radius 2 is 1.90 bits per heavy atom. The van der Waals surface area contributed by atoms with Gasteiger partial charge >= 0.3 is 11.5 Å². The fourth-order valence-corrected chi connectivity index (χ4v) is 3.15. The highest BCUT2D eigenvalue weighted by Crippen LogP contribution is 2.29. The fraction of sp³-hybridized carbons (Fsp3) is 0.188. The second kappa shape index (κ2) is 8.65. The van der Waals surface area contributed by atoms with Gasteiger partial charge in [-0.2, -0.15) is 9.78 Å². The lowest BCUT2D eigenvalue weighted by Crippen LogP contribution is -2.21. The van der Waals surface area contributed by atoms with Gasteiger partial charge in [0.1, 0.15) is 23.1 Å². The van der Waals surface area contributed by atoms with Gasteiger partial charge in [0.25, 0.3) is 0 Å². The van der Waals surface area contributed by atoms with E-state index in [0.29, 0.717) is 0 Å². The van der Waals surface area contributed by atoms with Gasteiger partial charge in [0.05, 0.1) is 16.6 Å². The Morgan fingerprint density at radius 3 is 2.48 bits per heavy atom. The molecule has 3 aromatic rings. The minimum Gasteiger partial charge on any atom is -0.358 e. The summed E-state index contributed by atoms with van der Waals surface area (Å²) in [6, 6.07) is 4.20. The van der Waals surface area contributed by atoms with Gasteiger partial charge in [-0.15, -0.1) is 0 Å². The van der Waals surface area contributed by atoms with Crippen LogP contribution in [-0.2, 0) is 17.9 Å². The highest BCUT2D eigenvalue weighted by molar-refractivity contribution is 6.33. The van der Waals surface area contributed by atoms with Crippen LogP contribution in [0.1, 0.15) is 11.3 Å². The smallest absolute Gasteiger partial charge is 0.358 e. The molecule has 12 nitrogen and oxygen atoms in total. The van der Waals surface area contributed by atoms with Gasteiger partial charge in [0, 0.05) is 16.8 Å². The number of halogens is 3. The second-order valence-corrected chi connectivity index (χ2v) is 7.02. The largest absolute Gasteiger partial charge is 0.468 e. The van der Waals surface area contributed by atoms with Crippen LogP contribution in [-0.4, -0.2) is 35.3 Å². The van der Waals surface area contributed by atoms with Gasteiger partial charge in [-0.05, 0) is 24.0 Å². The molecule has 0 saturated carbocycles. The van der Waals surface area contributed by atoms with E-state index in [0.717, 1.165) is 4.68 Å². The monoisotopic (exact) mass is 471 g/mol. The Morgan fingerprint density at radius 1 is 1.19 bits per heavy atom. The van der Waals surface area contributed by atoms with Crippen molar-refractivity contribution in [2.24, 2.45) is 0 Å². The van der Waals surface area contributed by atoms with Gasteiger partial charge in [0.15, 0.2) is 5.82 Å². The zero-order valence-corrected chi connectivity index (χ0v) is 17.1. The molecule has 0 fully saturated rings. The minimum atomic E-state index is -1.01. The van der Waals surface area contributed by atoms with E-state index in [1.165, 1.54) is 36.0 Å². The van der Waals surface area contributed by atoms with E-state index in [-0.39, 0.29) is 33.7 Å². The third-order valence-corrected chi connectivity index (χ3v) is 4.79. The molecule has 0 atom stereocenters. The van der Waals surface area contributed by atoms with Gasteiger partial charge in [-0.25, -0.2) is 4.39 Å². The lowest BCUT2D eigenvalue weighted by atomic mass is 10.2. The third-order valence-electron chi connectivity index (χ3n) is 4.16. The molecule has 1 aromatic carbocycles. The molecule has 0 bridgehead atoms. The van der Waals surface area contributed by atoms with Gasteiger partial charge in [-0.1, -0.05) is 29.3 Å². The van der Waals surface area contributed by atoms with Crippen molar-refractivity contribution in [3.8, 4) is 0 Å². The Hall–Kier alpha value is -3.58. The molecule has 1 amide bonds. The Labute approximate surface area is 182 Å². The van der Waals surface area contributed by atoms with Crippen molar-refractivity contribution in [1.29, 1.82) is 0 Å². The number of aromatic nitrogens is 4. The maximum atomic E-state index is 13.9. The SMILES string of the molecule is Cc1c([N+](=O)[O-])c([N+](=O)[O-])nn1CC(=O)Nc1nn(Cc2c(F)cccc2Cl)cc1Cl. The molecule has 15 heteroatoms. The third kappa shape index (κ3) is 4.62. The van der Waals surface area contributed by atoms with Crippen LogP contribution in [0.25, 0.3) is 0 Å². The molecule has 2 aromatic heterocycles. The first-order valence-corrected chi connectivity index (χ1v) is 9.16. The summed E-state index contributed by atoms with van der Waals surface area (Å²) < 4.78 is 16.0. The summed E-state index contributed by atoms with van der Waals surface area (Å²) in [7, 11) is 0. The van der Waals surface area contributed by atoms with E-state index in [1.807, 2.05) is 0 Å². The number of amides is 1. The van der Waals surface area contributed by atoms with E-state index in [2.05, 4.69) is 15.5 Å². The van der Waals surface area contributed by atoms with E-state index >= 15 is 0 Å². The van der Waals surface area contributed by atoms with E-state index in [4.69, 9.17) is 23.2 Å². The van der Waals surface area contributed by atoms with Crippen LogP contribution in [0.5, 0.6) is 0 Å². The van der Waals surface area contributed by atoms with Crippen molar-refractivity contribution in [3.05, 3.63) is 71.7 Å². The number of benzene rings is 1. The Balaban J connectivity index is 1.77. The molecule has 0 spiro atoms. The van der Waals surface area contributed by atoms with Crippen molar-refractivity contribution in [2.75, 3.05) is 5.32 Å². The van der Waals surface area contributed by atoms with Gasteiger partial charge in [0.2, 0.25) is 5.91 Å². The Kier molecular flexibility index (Phi) is 6.17. The summed E-state index contributed by atoms with van der Waals surface area (Å²) in [5.74, 6) is -2.32. The lowest BCUT2D eigenvalue weighted by Gasteiger charge is -2.06. The van der Waals surface area contributed by atoms with Crippen LogP contribution in [0.4, 0.5) is 21.7 Å². The van der Waals surface area contributed by atoms with Crippen molar-refractivity contribution in [1.82, 2.24) is 19.6 Å². The maximum Gasteiger partial charge on any atom is 0.468 e. The van der Waals surface area contributed by atoms with Crippen LogP contribution < -0.4 is 5.32 Å². The highest BCUT2D eigenvalue weighted by atomic mass is 35.5. The molecule has 0 aliphatic carbocycles.